The number of H-pyrrole nitrogens is 1. The van der Waals surface area contributed by atoms with Crippen LogP contribution in [0.15, 0.2) is 28.9 Å². The van der Waals surface area contributed by atoms with Crippen molar-refractivity contribution in [3.05, 3.63) is 30.3 Å². The molecule has 3 aromatic rings. The second kappa shape index (κ2) is 3.62. The number of oxazole rings is 1. The number of benzene rings is 1. The van der Waals surface area contributed by atoms with E-state index in [0.29, 0.717) is 6.01 Å². The summed E-state index contributed by atoms with van der Waals surface area (Å²) in [6.45, 7) is 1.94. The number of nitrogens with one attached hydrogen (secondary N) is 2. The second-order valence-corrected chi connectivity index (χ2v) is 3.84. The molecule has 0 saturated carbocycles. The Balaban J connectivity index is 2.10. The minimum atomic E-state index is 0.515. The van der Waals surface area contributed by atoms with Gasteiger partial charge in [0.2, 0.25) is 0 Å². The van der Waals surface area contributed by atoms with E-state index in [1.165, 1.54) is 0 Å². The standard InChI is InChI=1S/C12H12N4O/c1-7-14-9-4-3-8(5-10(9)15-7)11-6-17-12(13-2)16-11/h3-6H,1-2H3,(H,13,16)(H,14,15). The fraction of sp³-hybridized carbons (Fsp3) is 0.167. The highest BCUT2D eigenvalue weighted by Gasteiger charge is 2.07. The average molecular weight is 228 g/mol. The van der Waals surface area contributed by atoms with Crippen molar-refractivity contribution in [2.24, 2.45) is 0 Å². The highest BCUT2D eigenvalue weighted by Crippen LogP contribution is 2.23. The Kier molecular flexibility index (Phi) is 2.11. The van der Waals surface area contributed by atoms with Gasteiger partial charge in [-0.3, -0.25) is 0 Å². The van der Waals surface area contributed by atoms with Crippen LogP contribution >= 0.6 is 0 Å². The smallest absolute Gasteiger partial charge is 0.294 e. The van der Waals surface area contributed by atoms with Gasteiger partial charge >= 0.3 is 0 Å². The maximum atomic E-state index is 5.24. The van der Waals surface area contributed by atoms with Gasteiger partial charge in [-0.1, -0.05) is 6.07 Å². The molecule has 2 N–H and O–H groups in total. The largest absolute Gasteiger partial charge is 0.432 e. The third-order valence-corrected chi connectivity index (χ3v) is 2.61. The Morgan fingerprint density at radius 1 is 1.29 bits per heavy atom. The minimum absolute atomic E-state index is 0.515. The van der Waals surface area contributed by atoms with Crippen LogP contribution in [0.4, 0.5) is 6.01 Å². The molecule has 5 heteroatoms. The van der Waals surface area contributed by atoms with Crippen LogP contribution in [0.5, 0.6) is 0 Å². The molecule has 0 unspecified atom stereocenters. The van der Waals surface area contributed by atoms with E-state index in [1.54, 1.807) is 13.3 Å². The minimum Gasteiger partial charge on any atom is -0.432 e. The monoisotopic (exact) mass is 228 g/mol. The molecule has 0 saturated heterocycles. The number of hydrogen-bond acceptors (Lipinski definition) is 4. The van der Waals surface area contributed by atoms with Crippen molar-refractivity contribution in [2.75, 3.05) is 12.4 Å². The highest BCUT2D eigenvalue weighted by molar-refractivity contribution is 5.81. The lowest BCUT2D eigenvalue weighted by Crippen LogP contribution is -1.86. The summed E-state index contributed by atoms with van der Waals surface area (Å²) in [5.41, 5.74) is 3.78. The maximum Gasteiger partial charge on any atom is 0.294 e. The lowest BCUT2D eigenvalue weighted by Gasteiger charge is -1.95. The lowest BCUT2D eigenvalue weighted by atomic mass is 10.1. The van der Waals surface area contributed by atoms with Crippen molar-refractivity contribution < 1.29 is 4.42 Å². The van der Waals surface area contributed by atoms with Gasteiger partial charge in [0.1, 0.15) is 17.8 Å². The van der Waals surface area contributed by atoms with E-state index in [-0.39, 0.29) is 0 Å². The van der Waals surface area contributed by atoms with Crippen molar-refractivity contribution in [3.63, 3.8) is 0 Å². The predicted molar refractivity (Wildman–Crippen MR) is 65.9 cm³/mol. The van der Waals surface area contributed by atoms with Gasteiger partial charge in [-0.25, -0.2) is 4.98 Å². The van der Waals surface area contributed by atoms with Crippen LogP contribution in [-0.4, -0.2) is 22.0 Å². The number of aromatic amines is 1. The number of anilines is 1. The summed E-state index contributed by atoms with van der Waals surface area (Å²) in [6.07, 6.45) is 1.64. The van der Waals surface area contributed by atoms with E-state index in [9.17, 15) is 0 Å². The predicted octanol–water partition coefficient (Wildman–Crippen LogP) is 2.57. The summed E-state index contributed by atoms with van der Waals surface area (Å²) < 4.78 is 5.24. The number of nitrogens with zero attached hydrogens (tertiary/aromatic N) is 2. The summed E-state index contributed by atoms with van der Waals surface area (Å²) in [4.78, 5) is 11.9. The fourth-order valence-corrected chi connectivity index (χ4v) is 1.82. The molecule has 0 radical (unpaired) electrons. The molecule has 0 aliphatic carbocycles. The molecule has 2 aromatic heterocycles. The summed E-state index contributed by atoms with van der Waals surface area (Å²) in [5.74, 6) is 0.910. The normalized spacial score (nSPS) is 10.9. The van der Waals surface area contributed by atoms with Crippen LogP contribution in [0, 0.1) is 6.92 Å². The Labute approximate surface area is 97.9 Å². The van der Waals surface area contributed by atoms with Crippen LogP contribution in [0.25, 0.3) is 22.3 Å². The van der Waals surface area contributed by atoms with E-state index in [0.717, 1.165) is 28.1 Å². The SMILES string of the molecule is CNc1nc(-c2ccc3nc(C)[nH]c3c2)co1. The Morgan fingerprint density at radius 2 is 2.18 bits per heavy atom. The van der Waals surface area contributed by atoms with Gasteiger partial charge in [0, 0.05) is 12.6 Å². The van der Waals surface area contributed by atoms with Gasteiger partial charge in [-0.15, -0.1) is 0 Å². The summed E-state index contributed by atoms with van der Waals surface area (Å²) in [5, 5.41) is 2.86. The molecular formula is C12H12N4O. The Hall–Kier alpha value is -2.30. The van der Waals surface area contributed by atoms with Crippen LogP contribution in [0.3, 0.4) is 0 Å². The fourth-order valence-electron chi connectivity index (χ4n) is 1.82. The molecular weight excluding hydrogens is 216 g/mol. The number of aryl methyl sites for hydroxylation is 1. The molecule has 0 amide bonds. The summed E-state index contributed by atoms with van der Waals surface area (Å²) >= 11 is 0. The van der Waals surface area contributed by atoms with Gasteiger partial charge in [0.05, 0.1) is 11.0 Å². The number of hydrogen-bond donors (Lipinski definition) is 2. The van der Waals surface area contributed by atoms with Crippen LogP contribution in [0.2, 0.25) is 0 Å². The molecule has 1 aromatic carbocycles. The van der Waals surface area contributed by atoms with Crippen LogP contribution < -0.4 is 5.32 Å². The molecule has 0 spiro atoms. The molecule has 0 aliphatic rings. The second-order valence-electron chi connectivity index (χ2n) is 3.84. The lowest BCUT2D eigenvalue weighted by molar-refractivity contribution is 0.576. The molecule has 3 rings (SSSR count). The van der Waals surface area contributed by atoms with E-state index >= 15 is 0 Å². The molecule has 2 heterocycles. The molecule has 0 aliphatic heterocycles. The molecule has 17 heavy (non-hydrogen) atoms. The molecule has 0 atom stereocenters. The van der Waals surface area contributed by atoms with Crippen molar-refractivity contribution in [1.82, 2.24) is 15.0 Å². The highest BCUT2D eigenvalue weighted by atomic mass is 16.4. The van der Waals surface area contributed by atoms with Gasteiger partial charge in [-0.2, -0.15) is 4.98 Å². The average Bonchev–Trinajstić information content (AvgIpc) is 2.92. The molecule has 5 nitrogen and oxygen atoms in total. The zero-order valence-corrected chi connectivity index (χ0v) is 9.61. The van der Waals surface area contributed by atoms with E-state index in [1.807, 2.05) is 25.1 Å². The van der Waals surface area contributed by atoms with Crippen molar-refractivity contribution in [2.45, 2.75) is 6.92 Å². The quantitative estimate of drug-likeness (QED) is 0.707. The van der Waals surface area contributed by atoms with E-state index < -0.39 is 0 Å². The number of rotatable bonds is 2. The van der Waals surface area contributed by atoms with Crippen molar-refractivity contribution in [1.29, 1.82) is 0 Å². The summed E-state index contributed by atoms with van der Waals surface area (Å²) in [6, 6.07) is 6.50. The van der Waals surface area contributed by atoms with Crippen molar-refractivity contribution in [3.8, 4) is 11.3 Å². The molecule has 0 bridgehead atoms. The van der Waals surface area contributed by atoms with E-state index in [2.05, 4.69) is 20.3 Å². The topological polar surface area (TPSA) is 66.7 Å². The number of aromatic nitrogens is 3. The van der Waals surface area contributed by atoms with Crippen LogP contribution in [-0.2, 0) is 0 Å². The Morgan fingerprint density at radius 3 is 2.94 bits per heavy atom. The zero-order chi connectivity index (χ0) is 11.8. The van der Waals surface area contributed by atoms with Gasteiger partial charge in [0.25, 0.3) is 6.01 Å². The first-order valence-electron chi connectivity index (χ1n) is 5.36. The maximum absolute atomic E-state index is 5.24. The third kappa shape index (κ3) is 1.65. The third-order valence-electron chi connectivity index (χ3n) is 2.61. The first-order valence-corrected chi connectivity index (χ1v) is 5.36. The number of fused-ring (bicyclic) bond motifs is 1. The van der Waals surface area contributed by atoms with Gasteiger partial charge in [-0.05, 0) is 19.1 Å². The summed E-state index contributed by atoms with van der Waals surface area (Å²) in [7, 11) is 1.77. The molecule has 86 valence electrons. The van der Waals surface area contributed by atoms with Crippen molar-refractivity contribution >= 4 is 17.0 Å². The van der Waals surface area contributed by atoms with Gasteiger partial charge in [0.15, 0.2) is 0 Å². The van der Waals surface area contributed by atoms with Gasteiger partial charge < -0.3 is 14.7 Å². The molecule has 0 fully saturated rings. The first-order chi connectivity index (χ1) is 8.26. The number of imidazole rings is 1. The first kappa shape index (κ1) is 9.89. The zero-order valence-electron chi connectivity index (χ0n) is 9.61. The van der Waals surface area contributed by atoms with E-state index in [4.69, 9.17) is 4.42 Å². The Bertz CT molecular complexity index is 668. The van der Waals surface area contributed by atoms with Crippen LogP contribution in [0.1, 0.15) is 5.82 Å².